The number of carbonyl (C=O) groups excluding carboxylic acids is 2. The predicted octanol–water partition coefficient (Wildman–Crippen LogP) is 2.56. The van der Waals surface area contributed by atoms with Gasteiger partial charge in [0.25, 0.3) is 5.91 Å². The van der Waals surface area contributed by atoms with Crippen LogP contribution in [0.1, 0.15) is 23.2 Å². The summed E-state index contributed by atoms with van der Waals surface area (Å²) in [5.74, 6) is 0.0415. The van der Waals surface area contributed by atoms with E-state index < -0.39 is 0 Å². The lowest BCUT2D eigenvalue weighted by atomic mass is 9.91. The van der Waals surface area contributed by atoms with E-state index in [1.807, 2.05) is 23.1 Å². The molecule has 0 spiro atoms. The van der Waals surface area contributed by atoms with E-state index in [4.69, 9.17) is 0 Å². The lowest BCUT2D eigenvalue weighted by molar-refractivity contribution is -0.123. The lowest BCUT2D eigenvalue weighted by Gasteiger charge is -2.36. The molecule has 0 aromatic heterocycles. The molecule has 1 aromatic carbocycles. The quantitative estimate of drug-likeness (QED) is 0.786. The molecule has 2 saturated heterocycles. The number of nitrogens with one attached hydrogen (secondary N) is 1. The van der Waals surface area contributed by atoms with E-state index in [-0.39, 0.29) is 23.8 Å². The maximum Gasteiger partial charge on any atom is 0.255 e. The van der Waals surface area contributed by atoms with Crippen LogP contribution >= 0.6 is 31.9 Å². The summed E-state index contributed by atoms with van der Waals surface area (Å²) in [5.41, 5.74) is 0.646. The van der Waals surface area contributed by atoms with Crippen LogP contribution in [0.3, 0.4) is 0 Å². The highest BCUT2D eigenvalue weighted by Gasteiger charge is 2.42. The number of hydrogen-bond acceptors (Lipinski definition) is 2. The average molecular weight is 402 g/mol. The van der Waals surface area contributed by atoms with Crippen LogP contribution in [0.5, 0.6) is 0 Å². The first-order valence-electron chi connectivity index (χ1n) is 6.61. The molecule has 4 nitrogen and oxygen atoms in total. The highest BCUT2D eigenvalue weighted by molar-refractivity contribution is 9.11. The van der Waals surface area contributed by atoms with Crippen molar-refractivity contribution in [1.82, 2.24) is 10.2 Å². The number of amides is 2. The van der Waals surface area contributed by atoms with E-state index in [0.29, 0.717) is 12.1 Å². The van der Waals surface area contributed by atoms with Gasteiger partial charge in [-0.05, 0) is 47.0 Å². The molecule has 0 radical (unpaired) electrons. The molecular formula is C14H14Br2N2O2. The van der Waals surface area contributed by atoms with E-state index >= 15 is 0 Å². The van der Waals surface area contributed by atoms with Crippen molar-refractivity contribution >= 4 is 43.7 Å². The summed E-state index contributed by atoms with van der Waals surface area (Å²) in [6.07, 6.45) is 1.76. The van der Waals surface area contributed by atoms with Gasteiger partial charge in [-0.15, -0.1) is 0 Å². The minimum Gasteiger partial charge on any atom is -0.354 e. The van der Waals surface area contributed by atoms with Crippen molar-refractivity contribution in [2.75, 3.05) is 13.1 Å². The molecule has 6 heteroatoms. The molecule has 3 rings (SSSR count). The number of likely N-dealkylation sites (tertiary alicyclic amines) is 1. The first-order valence-corrected chi connectivity index (χ1v) is 8.20. The standard InChI is InChI=1S/C14H14Br2N2O2/c15-8-3-4-9(11(16)6-8)14(20)18-5-1-2-10-12(18)7-17-13(10)19/h3-4,6,10,12H,1-2,5,7H2,(H,17,19). The molecule has 2 aliphatic heterocycles. The summed E-state index contributed by atoms with van der Waals surface area (Å²) in [6, 6.07) is 5.54. The molecule has 0 saturated carbocycles. The van der Waals surface area contributed by atoms with Crippen molar-refractivity contribution in [1.29, 1.82) is 0 Å². The number of hydrogen-bond donors (Lipinski definition) is 1. The first-order chi connectivity index (χ1) is 9.58. The maximum atomic E-state index is 12.7. The summed E-state index contributed by atoms with van der Waals surface area (Å²) in [5, 5.41) is 2.87. The van der Waals surface area contributed by atoms with Gasteiger partial charge >= 0.3 is 0 Å². The van der Waals surface area contributed by atoms with Gasteiger partial charge in [-0.25, -0.2) is 0 Å². The topological polar surface area (TPSA) is 49.4 Å². The Hall–Kier alpha value is -0.880. The van der Waals surface area contributed by atoms with Crippen LogP contribution < -0.4 is 5.32 Å². The smallest absolute Gasteiger partial charge is 0.255 e. The molecule has 2 unspecified atom stereocenters. The van der Waals surface area contributed by atoms with Gasteiger partial charge in [0.1, 0.15) is 0 Å². The summed E-state index contributed by atoms with van der Waals surface area (Å²) in [6.45, 7) is 1.29. The Morgan fingerprint density at radius 1 is 1.35 bits per heavy atom. The van der Waals surface area contributed by atoms with Gasteiger partial charge in [0, 0.05) is 22.0 Å². The zero-order valence-corrected chi connectivity index (χ0v) is 13.9. The Kier molecular flexibility index (Phi) is 3.86. The molecule has 2 fully saturated rings. The van der Waals surface area contributed by atoms with Crippen molar-refractivity contribution < 1.29 is 9.59 Å². The Labute approximate surface area is 134 Å². The van der Waals surface area contributed by atoms with Gasteiger partial charge < -0.3 is 10.2 Å². The van der Waals surface area contributed by atoms with Gasteiger partial charge in [-0.3, -0.25) is 9.59 Å². The molecule has 2 amide bonds. The number of benzene rings is 1. The van der Waals surface area contributed by atoms with E-state index in [9.17, 15) is 9.59 Å². The second-order valence-corrected chi connectivity index (χ2v) is 6.95. The van der Waals surface area contributed by atoms with Crippen molar-refractivity contribution in [2.24, 2.45) is 5.92 Å². The molecule has 0 aliphatic carbocycles. The molecular weight excluding hydrogens is 388 g/mol. The molecule has 20 heavy (non-hydrogen) atoms. The molecule has 2 atom stereocenters. The summed E-state index contributed by atoms with van der Waals surface area (Å²) >= 11 is 6.82. The Bertz CT molecular complexity index is 576. The summed E-state index contributed by atoms with van der Waals surface area (Å²) in [4.78, 5) is 26.3. The number of fused-ring (bicyclic) bond motifs is 1. The van der Waals surface area contributed by atoms with Gasteiger partial charge in [-0.1, -0.05) is 15.9 Å². The van der Waals surface area contributed by atoms with E-state index in [1.54, 1.807) is 0 Å². The fraction of sp³-hybridized carbons (Fsp3) is 0.429. The molecule has 2 aliphatic rings. The fourth-order valence-electron chi connectivity index (χ4n) is 3.02. The van der Waals surface area contributed by atoms with Gasteiger partial charge in [0.05, 0.1) is 17.5 Å². The van der Waals surface area contributed by atoms with E-state index in [1.165, 1.54) is 0 Å². The number of halogens is 2. The zero-order valence-electron chi connectivity index (χ0n) is 10.7. The van der Waals surface area contributed by atoms with Crippen molar-refractivity contribution in [3.8, 4) is 0 Å². The van der Waals surface area contributed by atoms with Crippen LogP contribution in [0, 0.1) is 5.92 Å². The van der Waals surface area contributed by atoms with Crippen molar-refractivity contribution in [3.05, 3.63) is 32.7 Å². The Morgan fingerprint density at radius 2 is 2.15 bits per heavy atom. The third kappa shape index (κ3) is 2.39. The minimum atomic E-state index is -0.0399. The van der Waals surface area contributed by atoms with Crippen LogP contribution in [-0.2, 0) is 4.79 Å². The van der Waals surface area contributed by atoms with Crippen molar-refractivity contribution in [3.63, 3.8) is 0 Å². The molecule has 2 heterocycles. The second-order valence-electron chi connectivity index (χ2n) is 5.18. The van der Waals surface area contributed by atoms with E-state index in [2.05, 4.69) is 37.2 Å². The van der Waals surface area contributed by atoms with Crippen LogP contribution in [0.4, 0.5) is 0 Å². The average Bonchev–Trinajstić information content (AvgIpc) is 2.80. The van der Waals surface area contributed by atoms with Gasteiger partial charge in [-0.2, -0.15) is 0 Å². The van der Waals surface area contributed by atoms with Gasteiger partial charge in [0.15, 0.2) is 0 Å². The molecule has 1 N–H and O–H groups in total. The molecule has 106 valence electrons. The fourth-order valence-corrected chi connectivity index (χ4v) is 4.24. The third-order valence-electron chi connectivity index (χ3n) is 4.02. The highest BCUT2D eigenvalue weighted by atomic mass is 79.9. The largest absolute Gasteiger partial charge is 0.354 e. The first kappa shape index (κ1) is 14.1. The monoisotopic (exact) mass is 400 g/mol. The summed E-state index contributed by atoms with van der Waals surface area (Å²) in [7, 11) is 0. The summed E-state index contributed by atoms with van der Waals surface area (Å²) < 4.78 is 1.70. The van der Waals surface area contributed by atoms with Crippen molar-refractivity contribution in [2.45, 2.75) is 18.9 Å². The van der Waals surface area contributed by atoms with Gasteiger partial charge in [0.2, 0.25) is 5.91 Å². The maximum absolute atomic E-state index is 12.7. The number of nitrogens with zero attached hydrogens (tertiary/aromatic N) is 1. The van der Waals surface area contributed by atoms with E-state index in [0.717, 1.165) is 28.3 Å². The Balaban J connectivity index is 1.88. The molecule has 1 aromatic rings. The Morgan fingerprint density at radius 3 is 2.90 bits per heavy atom. The SMILES string of the molecule is O=C1NCC2C1CCCN2C(=O)c1ccc(Br)cc1Br. The van der Waals surface area contributed by atoms with Crippen LogP contribution in [0.15, 0.2) is 27.1 Å². The van der Waals surface area contributed by atoms with Crippen LogP contribution in [0.2, 0.25) is 0 Å². The lowest BCUT2D eigenvalue weighted by Crippen LogP contribution is -2.48. The normalized spacial score (nSPS) is 25.3. The third-order valence-corrected chi connectivity index (χ3v) is 5.17. The minimum absolute atomic E-state index is 0.000651. The zero-order chi connectivity index (χ0) is 14.3. The number of carbonyl (C=O) groups is 2. The number of piperidine rings is 1. The highest BCUT2D eigenvalue weighted by Crippen LogP contribution is 2.30. The number of rotatable bonds is 1. The predicted molar refractivity (Wildman–Crippen MR) is 82.4 cm³/mol. The second kappa shape index (κ2) is 5.48. The molecule has 0 bridgehead atoms. The van der Waals surface area contributed by atoms with Crippen LogP contribution in [0.25, 0.3) is 0 Å². The van der Waals surface area contributed by atoms with Crippen LogP contribution in [-0.4, -0.2) is 35.8 Å².